The molecule has 0 aliphatic carbocycles. The van der Waals surface area contributed by atoms with E-state index in [1.807, 2.05) is 12.1 Å². The summed E-state index contributed by atoms with van der Waals surface area (Å²) in [6.45, 7) is 1.68. The highest BCUT2D eigenvalue weighted by atomic mass is 79.9. The topological polar surface area (TPSA) is 86.4 Å². The summed E-state index contributed by atoms with van der Waals surface area (Å²) in [6, 6.07) is 10.5. The molecule has 1 fully saturated rings. The lowest BCUT2D eigenvalue weighted by molar-refractivity contribution is -0.125. The first-order valence-electron chi connectivity index (χ1n) is 9.31. The average Bonchev–Trinajstić information content (AvgIpc) is 3.29. The highest BCUT2D eigenvalue weighted by molar-refractivity contribution is 9.10. The van der Waals surface area contributed by atoms with Crippen LogP contribution in [-0.2, 0) is 9.59 Å². The van der Waals surface area contributed by atoms with Gasteiger partial charge in [0.1, 0.15) is 5.71 Å². The average molecular weight is 459 g/mol. The molecule has 0 spiro atoms. The molecule has 3 amide bonds. The summed E-state index contributed by atoms with van der Waals surface area (Å²) in [5.41, 5.74) is 0.982. The molecule has 1 aromatic carbocycles. The van der Waals surface area contributed by atoms with E-state index in [0.717, 1.165) is 4.47 Å². The zero-order valence-electron chi connectivity index (χ0n) is 15.6. The van der Waals surface area contributed by atoms with Crippen LogP contribution >= 0.6 is 15.9 Å². The van der Waals surface area contributed by atoms with E-state index in [1.165, 1.54) is 11.3 Å². The minimum atomic E-state index is -0.190. The van der Waals surface area contributed by atoms with E-state index >= 15 is 0 Å². The van der Waals surface area contributed by atoms with E-state index in [1.54, 1.807) is 34.1 Å². The largest absolute Gasteiger partial charge is 0.459 e. The van der Waals surface area contributed by atoms with E-state index in [0.29, 0.717) is 49.8 Å². The fourth-order valence-corrected chi connectivity index (χ4v) is 3.61. The van der Waals surface area contributed by atoms with Crippen LogP contribution in [-0.4, -0.2) is 59.4 Å². The summed E-state index contributed by atoms with van der Waals surface area (Å²) in [4.78, 5) is 40.9. The summed E-state index contributed by atoms with van der Waals surface area (Å²) in [5.74, 6) is -0.211. The number of rotatable bonds is 3. The molecule has 8 nitrogen and oxygen atoms in total. The summed E-state index contributed by atoms with van der Waals surface area (Å²) >= 11 is 3.37. The van der Waals surface area contributed by atoms with Gasteiger partial charge in [0, 0.05) is 43.5 Å². The van der Waals surface area contributed by atoms with Crippen molar-refractivity contribution in [3.63, 3.8) is 0 Å². The van der Waals surface area contributed by atoms with Crippen molar-refractivity contribution in [1.29, 1.82) is 0 Å². The summed E-state index contributed by atoms with van der Waals surface area (Å²) in [5, 5.41) is 5.62. The number of benzene rings is 1. The quantitative estimate of drug-likeness (QED) is 0.706. The molecule has 2 aromatic rings. The summed E-state index contributed by atoms with van der Waals surface area (Å²) < 4.78 is 6.05. The first-order valence-corrected chi connectivity index (χ1v) is 10.1. The van der Waals surface area contributed by atoms with Gasteiger partial charge in [-0.15, -0.1) is 0 Å². The van der Waals surface area contributed by atoms with Gasteiger partial charge in [0.05, 0.1) is 12.0 Å². The van der Waals surface area contributed by atoms with Crippen LogP contribution in [0.2, 0.25) is 0 Å². The molecular weight excluding hydrogens is 440 g/mol. The van der Waals surface area contributed by atoms with Crippen LogP contribution < -0.4 is 5.01 Å². The summed E-state index contributed by atoms with van der Waals surface area (Å²) in [7, 11) is 0. The molecule has 150 valence electrons. The number of anilines is 1. The maximum Gasteiger partial charge on any atom is 0.289 e. The number of carbonyl (C=O) groups excluding carboxylic acids is 3. The second kappa shape index (κ2) is 8.20. The Kier molecular flexibility index (Phi) is 5.48. The van der Waals surface area contributed by atoms with Crippen molar-refractivity contribution >= 4 is 45.1 Å². The summed E-state index contributed by atoms with van der Waals surface area (Å²) in [6.07, 6.45) is 2.01. The van der Waals surface area contributed by atoms with Crippen LogP contribution in [0.5, 0.6) is 0 Å². The van der Waals surface area contributed by atoms with Gasteiger partial charge in [-0.05, 0) is 36.4 Å². The molecule has 0 radical (unpaired) electrons. The Hall–Kier alpha value is -2.94. The molecule has 9 heteroatoms. The number of carbonyl (C=O) groups is 3. The van der Waals surface area contributed by atoms with Crippen molar-refractivity contribution in [2.24, 2.45) is 5.10 Å². The van der Waals surface area contributed by atoms with Crippen LogP contribution in [0, 0.1) is 0 Å². The Bertz CT molecular complexity index is 947. The molecule has 3 heterocycles. The van der Waals surface area contributed by atoms with Gasteiger partial charge in [-0.1, -0.05) is 15.9 Å². The predicted octanol–water partition coefficient (Wildman–Crippen LogP) is 2.51. The molecule has 0 saturated carbocycles. The van der Waals surface area contributed by atoms with E-state index in [2.05, 4.69) is 21.0 Å². The van der Waals surface area contributed by atoms with Crippen LogP contribution in [0.1, 0.15) is 23.4 Å². The molecular formula is C20H19BrN4O4. The standard InChI is InChI=1S/C20H19BrN4O4/c21-14-3-5-15(6-4-14)25-18(26)8-7-16(22-25)19(27)23-9-11-24(12-10-23)20(28)17-2-1-13-29-17/h1-6,13H,7-12H2. The fourth-order valence-electron chi connectivity index (χ4n) is 3.34. The smallest absolute Gasteiger partial charge is 0.289 e. The molecule has 2 aliphatic heterocycles. The van der Waals surface area contributed by atoms with Crippen molar-refractivity contribution in [1.82, 2.24) is 9.80 Å². The third kappa shape index (κ3) is 4.09. The lowest BCUT2D eigenvalue weighted by Gasteiger charge is -2.35. The monoisotopic (exact) mass is 458 g/mol. The van der Waals surface area contributed by atoms with Gasteiger partial charge >= 0.3 is 0 Å². The molecule has 29 heavy (non-hydrogen) atoms. The Morgan fingerprint density at radius 1 is 0.931 bits per heavy atom. The SMILES string of the molecule is O=C(C1=NN(c2ccc(Br)cc2)C(=O)CC1)N1CCN(C(=O)c2ccco2)CC1. The number of nitrogens with zero attached hydrogens (tertiary/aromatic N) is 4. The zero-order valence-corrected chi connectivity index (χ0v) is 17.2. The third-order valence-electron chi connectivity index (χ3n) is 4.94. The Morgan fingerprint density at radius 3 is 2.21 bits per heavy atom. The van der Waals surface area contributed by atoms with E-state index in [9.17, 15) is 14.4 Å². The molecule has 2 aliphatic rings. The highest BCUT2D eigenvalue weighted by Crippen LogP contribution is 2.23. The van der Waals surface area contributed by atoms with Crippen molar-refractivity contribution in [2.45, 2.75) is 12.8 Å². The maximum absolute atomic E-state index is 12.9. The van der Waals surface area contributed by atoms with Crippen LogP contribution in [0.25, 0.3) is 0 Å². The Labute approximate surface area is 175 Å². The number of hydrazone groups is 1. The lowest BCUT2D eigenvalue weighted by atomic mass is 10.1. The Balaban J connectivity index is 1.43. The molecule has 4 rings (SSSR count). The fraction of sp³-hybridized carbons (Fsp3) is 0.300. The molecule has 0 atom stereocenters. The van der Waals surface area contributed by atoms with Crippen LogP contribution in [0.4, 0.5) is 5.69 Å². The first kappa shape index (κ1) is 19.4. The number of hydrogen-bond donors (Lipinski definition) is 0. The van der Waals surface area contributed by atoms with Gasteiger partial charge in [-0.3, -0.25) is 14.4 Å². The normalized spacial score (nSPS) is 17.3. The van der Waals surface area contributed by atoms with Crippen molar-refractivity contribution in [2.75, 3.05) is 31.2 Å². The third-order valence-corrected chi connectivity index (χ3v) is 5.47. The zero-order chi connectivity index (χ0) is 20.4. The van der Waals surface area contributed by atoms with Gasteiger partial charge in [-0.25, -0.2) is 5.01 Å². The number of piperazine rings is 1. The van der Waals surface area contributed by atoms with Gasteiger partial charge in [0.25, 0.3) is 11.8 Å². The molecule has 0 N–H and O–H groups in total. The Morgan fingerprint density at radius 2 is 1.59 bits per heavy atom. The molecule has 1 aromatic heterocycles. The van der Waals surface area contributed by atoms with E-state index in [-0.39, 0.29) is 24.1 Å². The number of furan rings is 1. The minimum Gasteiger partial charge on any atom is -0.459 e. The highest BCUT2D eigenvalue weighted by Gasteiger charge is 2.31. The second-order valence-corrected chi connectivity index (χ2v) is 7.71. The van der Waals surface area contributed by atoms with Gasteiger partial charge in [0.2, 0.25) is 5.91 Å². The minimum absolute atomic E-state index is 0.141. The van der Waals surface area contributed by atoms with Crippen LogP contribution in [0.3, 0.4) is 0 Å². The molecule has 0 unspecified atom stereocenters. The van der Waals surface area contributed by atoms with E-state index < -0.39 is 0 Å². The first-order chi connectivity index (χ1) is 14.0. The maximum atomic E-state index is 12.9. The number of halogens is 1. The number of amides is 3. The second-order valence-electron chi connectivity index (χ2n) is 6.79. The van der Waals surface area contributed by atoms with Gasteiger partial charge in [0.15, 0.2) is 5.76 Å². The van der Waals surface area contributed by atoms with E-state index in [4.69, 9.17) is 4.42 Å². The predicted molar refractivity (Wildman–Crippen MR) is 109 cm³/mol. The van der Waals surface area contributed by atoms with Crippen LogP contribution in [0.15, 0.2) is 56.7 Å². The van der Waals surface area contributed by atoms with Gasteiger partial charge in [-0.2, -0.15) is 5.10 Å². The van der Waals surface area contributed by atoms with Crippen molar-refractivity contribution in [3.8, 4) is 0 Å². The van der Waals surface area contributed by atoms with Crippen molar-refractivity contribution in [3.05, 3.63) is 52.9 Å². The van der Waals surface area contributed by atoms with Crippen molar-refractivity contribution < 1.29 is 18.8 Å². The molecule has 0 bridgehead atoms. The molecule has 1 saturated heterocycles. The lowest BCUT2D eigenvalue weighted by Crippen LogP contribution is -2.52. The number of hydrogen-bond acceptors (Lipinski definition) is 5. The van der Waals surface area contributed by atoms with Gasteiger partial charge < -0.3 is 14.2 Å².